The van der Waals surface area contributed by atoms with Gasteiger partial charge in [0.15, 0.2) is 11.6 Å². The number of aromatic nitrogens is 2. The van der Waals surface area contributed by atoms with Gasteiger partial charge in [0.05, 0.1) is 11.9 Å². The van der Waals surface area contributed by atoms with E-state index in [4.69, 9.17) is 28.9 Å². The number of nitrogens with two attached hydrogens (primary N) is 1. The molecule has 2 heterocycles. The van der Waals surface area contributed by atoms with E-state index in [1.54, 1.807) is 24.4 Å². The summed E-state index contributed by atoms with van der Waals surface area (Å²) in [6.45, 7) is 2.47. The summed E-state index contributed by atoms with van der Waals surface area (Å²) in [5, 5.41) is 7.54. The van der Waals surface area contributed by atoms with Crippen molar-refractivity contribution < 1.29 is 4.79 Å². The first-order valence-corrected chi connectivity index (χ1v) is 13.7. The second-order valence-electron chi connectivity index (χ2n) is 9.85. The molecule has 2 aliphatic rings. The number of anilines is 2. The minimum atomic E-state index is -0.0590. The summed E-state index contributed by atoms with van der Waals surface area (Å²) in [6, 6.07) is 13.8. The molecule has 1 aliphatic carbocycles. The van der Waals surface area contributed by atoms with Crippen LogP contribution in [0.2, 0.25) is 10.0 Å². The predicted molar refractivity (Wildman–Crippen MR) is 150 cm³/mol. The highest BCUT2D eigenvalue weighted by molar-refractivity contribution is 6.36. The molecule has 2 aromatic carbocycles. The SMILES string of the molecule is Nc1ncc(-c2cccc(C(=O)NC3CCN(C4CCCC4)CC3)c2)nc1NCc1c(Cl)cccc1Cl. The fourth-order valence-corrected chi connectivity index (χ4v) is 5.84. The lowest BCUT2D eigenvalue weighted by atomic mass is 10.0. The second-order valence-corrected chi connectivity index (χ2v) is 10.7. The van der Waals surface area contributed by atoms with Crippen LogP contribution in [0.4, 0.5) is 11.6 Å². The maximum atomic E-state index is 13.1. The highest BCUT2D eigenvalue weighted by Gasteiger charge is 2.27. The molecule has 0 atom stereocenters. The van der Waals surface area contributed by atoms with Crippen molar-refractivity contribution >= 4 is 40.7 Å². The largest absolute Gasteiger partial charge is 0.381 e. The van der Waals surface area contributed by atoms with Gasteiger partial charge in [-0.2, -0.15) is 0 Å². The molecule has 37 heavy (non-hydrogen) atoms. The van der Waals surface area contributed by atoms with Crippen molar-refractivity contribution in [2.24, 2.45) is 0 Å². The van der Waals surface area contributed by atoms with E-state index in [0.717, 1.165) is 43.1 Å². The zero-order valence-corrected chi connectivity index (χ0v) is 22.2. The molecule has 4 N–H and O–H groups in total. The van der Waals surface area contributed by atoms with Gasteiger partial charge in [0.1, 0.15) is 0 Å². The number of halogens is 2. The number of rotatable bonds is 7. The first-order valence-electron chi connectivity index (χ1n) is 12.9. The summed E-state index contributed by atoms with van der Waals surface area (Å²) in [5.41, 5.74) is 8.83. The molecular weight excluding hydrogens is 507 g/mol. The van der Waals surface area contributed by atoms with Crippen molar-refractivity contribution in [2.45, 2.75) is 57.2 Å². The van der Waals surface area contributed by atoms with Crippen LogP contribution in [-0.2, 0) is 6.54 Å². The van der Waals surface area contributed by atoms with E-state index in [2.05, 4.69) is 25.5 Å². The monoisotopic (exact) mass is 538 g/mol. The molecule has 1 aliphatic heterocycles. The maximum Gasteiger partial charge on any atom is 0.251 e. The van der Waals surface area contributed by atoms with Gasteiger partial charge in [-0.15, -0.1) is 0 Å². The van der Waals surface area contributed by atoms with Gasteiger partial charge in [-0.25, -0.2) is 9.97 Å². The first-order chi connectivity index (χ1) is 18.0. The van der Waals surface area contributed by atoms with Crippen molar-refractivity contribution in [3.05, 3.63) is 69.8 Å². The fourth-order valence-electron chi connectivity index (χ4n) is 5.31. The lowest BCUT2D eigenvalue weighted by molar-refractivity contribution is 0.0892. The highest BCUT2D eigenvalue weighted by Crippen LogP contribution is 2.28. The number of nitrogens with zero attached hydrogens (tertiary/aromatic N) is 3. The molecule has 1 aromatic heterocycles. The van der Waals surface area contributed by atoms with E-state index in [0.29, 0.717) is 33.7 Å². The van der Waals surface area contributed by atoms with E-state index in [9.17, 15) is 4.79 Å². The van der Waals surface area contributed by atoms with E-state index >= 15 is 0 Å². The molecule has 7 nitrogen and oxygen atoms in total. The van der Waals surface area contributed by atoms with Crippen LogP contribution in [0, 0.1) is 0 Å². The second kappa shape index (κ2) is 11.7. The van der Waals surface area contributed by atoms with Crippen molar-refractivity contribution in [3.8, 4) is 11.3 Å². The molecule has 1 saturated carbocycles. The zero-order valence-electron chi connectivity index (χ0n) is 20.7. The minimum Gasteiger partial charge on any atom is -0.381 e. The lowest BCUT2D eigenvalue weighted by Gasteiger charge is -2.36. The molecule has 5 rings (SSSR count). The molecule has 3 aromatic rings. The van der Waals surface area contributed by atoms with Gasteiger partial charge in [0, 0.05) is 58.5 Å². The smallest absolute Gasteiger partial charge is 0.251 e. The highest BCUT2D eigenvalue weighted by atomic mass is 35.5. The standard InChI is InChI=1S/C28H32Cl2N6O/c29-23-9-4-10-24(30)22(23)16-33-27-26(31)32-17-25(35-27)18-5-3-6-19(15-18)28(37)34-20-11-13-36(14-12-20)21-7-1-2-8-21/h3-6,9-10,15,17,20-21H,1-2,7-8,11-14,16H2,(H2,31,32)(H,33,35)(H,34,37). The number of hydrogen-bond acceptors (Lipinski definition) is 6. The van der Waals surface area contributed by atoms with Crippen LogP contribution in [0.1, 0.15) is 54.4 Å². The molecule has 0 bridgehead atoms. The van der Waals surface area contributed by atoms with Gasteiger partial charge in [0.2, 0.25) is 0 Å². The Morgan fingerprint density at radius 2 is 1.73 bits per heavy atom. The molecule has 0 radical (unpaired) electrons. The Kier molecular flexibility index (Phi) is 8.13. The van der Waals surface area contributed by atoms with Gasteiger partial charge in [-0.3, -0.25) is 4.79 Å². The molecule has 1 saturated heterocycles. The number of carbonyl (C=O) groups excluding carboxylic acids is 1. The van der Waals surface area contributed by atoms with Crippen LogP contribution in [0.5, 0.6) is 0 Å². The molecule has 0 spiro atoms. The van der Waals surface area contributed by atoms with Crippen LogP contribution in [0.25, 0.3) is 11.3 Å². The summed E-state index contributed by atoms with van der Waals surface area (Å²) in [5.74, 6) is 0.637. The fraction of sp³-hybridized carbons (Fsp3) is 0.393. The Morgan fingerprint density at radius 3 is 2.46 bits per heavy atom. The summed E-state index contributed by atoms with van der Waals surface area (Å²) in [6.07, 6.45) is 8.95. The summed E-state index contributed by atoms with van der Waals surface area (Å²) in [7, 11) is 0. The average molecular weight is 540 g/mol. The van der Waals surface area contributed by atoms with Crippen LogP contribution in [0.3, 0.4) is 0 Å². The van der Waals surface area contributed by atoms with E-state index < -0.39 is 0 Å². The Labute approximate surface area is 227 Å². The number of likely N-dealkylation sites (tertiary alicyclic amines) is 1. The number of benzene rings is 2. The summed E-state index contributed by atoms with van der Waals surface area (Å²) < 4.78 is 0. The molecule has 0 unspecified atom stereocenters. The number of nitrogens with one attached hydrogen (secondary N) is 2. The molecule has 2 fully saturated rings. The van der Waals surface area contributed by atoms with Crippen LogP contribution >= 0.6 is 23.2 Å². The quantitative estimate of drug-likeness (QED) is 0.352. The number of carbonyl (C=O) groups is 1. The topological polar surface area (TPSA) is 96.2 Å². The van der Waals surface area contributed by atoms with Crippen molar-refractivity contribution in [2.75, 3.05) is 24.1 Å². The van der Waals surface area contributed by atoms with E-state index in [1.165, 1.54) is 25.7 Å². The summed E-state index contributed by atoms with van der Waals surface area (Å²) in [4.78, 5) is 24.6. The third-order valence-corrected chi connectivity index (χ3v) is 8.13. The summed E-state index contributed by atoms with van der Waals surface area (Å²) >= 11 is 12.6. The number of nitrogen functional groups attached to an aromatic ring is 1. The van der Waals surface area contributed by atoms with Gasteiger partial charge >= 0.3 is 0 Å². The zero-order chi connectivity index (χ0) is 25.8. The first kappa shape index (κ1) is 25.8. The van der Waals surface area contributed by atoms with Crippen molar-refractivity contribution in [3.63, 3.8) is 0 Å². The van der Waals surface area contributed by atoms with Crippen molar-refractivity contribution in [1.82, 2.24) is 20.2 Å². The molecular formula is C28H32Cl2N6O. The normalized spacial score (nSPS) is 17.1. The minimum absolute atomic E-state index is 0.0590. The number of hydrogen-bond donors (Lipinski definition) is 3. The van der Waals surface area contributed by atoms with Crippen molar-refractivity contribution in [1.29, 1.82) is 0 Å². The van der Waals surface area contributed by atoms with Gasteiger partial charge in [-0.05, 0) is 49.9 Å². The Balaban J connectivity index is 1.23. The molecule has 1 amide bonds. The predicted octanol–water partition coefficient (Wildman–Crippen LogP) is 5.78. The third kappa shape index (κ3) is 6.17. The van der Waals surface area contributed by atoms with Crippen LogP contribution < -0.4 is 16.4 Å². The number of piperidine rings is 1. The Bertz CT molecular complexity index is 1230. The Morgan fingerprint density at radius 1 is 1.03 bits per heavy atom. The Hall–Kier alpha value is -2.87. The maximum absolute atomic E-state index is 13.1. The average Bonchev–Trinajstić information content (AvgIpc) is 3.45. The van der Waals surface area contributed by atoms with Crippen LogP contribution in [-0.4, -0.2) is 45.9 Å². The van der Waals surface area contributed by atoms with Crippen LogP contribution in [0.15, 0.2) is 48.7 Å². The number of amides is 1. The molecule has 9 heteroatoms. The van der Waals surface area contributed by atoms with E-state index in [-0.39, 0.29) is 17.8 Å². The van der Waals surface area contributed by atoms with Gasteiger partial charge in [-0.1, -0.05) is 54.2 Å². The van der Waals surface area contributed by atoms with E-state index in [1.807, 2.05) is 24.3 Å². The lowest BCUT2D eigenvalue weighted by Crippen LogP contribution is -2.47. The third-order valence-electron chi connectivity index (χ3n) is 7.42. The van der Waals surface area contributed by atoms with Gasteiger partial charge < -0.3 is 21.3 Å². The van der Waals surface area contributed by atoms with Gasteiger partial charge in [0.25, 0.3) is 5.91 Å². The molecule has 194 valence electrons.